The maximum Gasteiger partial charge on any atom is 0.409 e. The molecule has 0 unspecified atom stereocenters. The summed E-state index contributed by atoms with van der Waals surface area (Å²) in [7, 11) is 1.91. The molecule has 1 aromatic heterocycles. The van der Waals surface area contributed by atoms with Crippen LogP contribution in [0.15, 0.2) is 29.4 Å². The van der Waals surface area contributed by atoms with Gasteiger partial charge in [-0.25, -0.2) is 4.79 Å². The number of aromatic nitrogens is 3. The molecule has 0 spiro atoms. The number of thioether (sulfide) groups is 1. The molecular formula is C19H25N5O3S. The van der Waals surface area contributed by atoms with E-state index in [2.05, 4.69) is 10.2 Å². The molecule has 2 aromatic rings. The third kappa shape index (κ3) is 4.46. The average Bonchev–Trinajstić information content (AvgIpc) is 3.07. The van der Waals surface area contributed by atoms with Crippen LogP contribution in [0.3, 0.4) is 0 Å². The highest BCUT2D eigenvalue weighted by Crippen LogP contribution is 2.25. The second-order valence-corrected chi connectivity index (χ2v) is 7.48. The molecule has 1 aliphatic rings. The molecule has 0 saturated carbocycles. The van der Waals surface area contributed by atoms with Gasteiger partial charge in [-0.1, -0.05) is 36.0 Å². The van der Waals surface area contributed by atoms with Crippen LogP contribution in [-0.2, 0) is 16.6 Å². The molecule has 8 nitrogen and oxygen atoms in total. The van der Waals surface area contributed by atoms with Gasteiger partial charge in [-0.3, -0.25) is 4.79 Å². The van der Waals surface area contributed by atoms with Crippen molar-refractivity contribution in [1.82, 2.24) is 24.6 Å². The summed E-state index contributed by atoms with van der Waals surface area (Å²) in [4.78, 5) is 27.7. The number of amides is 2. The van der Waals surface area contributed by atoms with E-state index in [9.17, 15) is 9.59 Å². The number of piperazine rings is 1. The number of rotatable bonds is 5. The van der Waals surface area contributed by atoms with E-state index in [0.29, 0.717) is 43.7 Å². The van der Waals surface area contributed by atoms with E-state index in [0.717, 1.165) is 17.0 Å². The van der Waals surface area contributed by atoms with Gasteiger partial charge in [0.15, 0.2) is 11.0 Å². The molecule has 1 aromatic carbocycles. The van der Waals surface area contributed by atoms with Crippen LogP contribution < -0.4 is 0 Å². The summed E-state index contributed by atoms with van der Waals surface area (Å²) in [6.45, 7) is 6.21. The van der Waals surface area contributed by atoms with E-state index in [1.807, 2.05) is 42.8 Å². The lowest BCUT2D eigenvalue weighted by atomic mass is 10.1. The minimum Gasteiger partial charge on any atom is -0.450 e. The Morgan fingerprint density at radius 3 is 2.46 bits per heavy atom. The number of aryl methyl sites for hydroxylation is 1. The van der Waals surface area contributed by atoms with Crippen molar-refractivity contribution < 1.29 is 14.3 Å². The highest BCUT2D eigenvalue weighted by molar-refractivity contribution is 7.99. The first kappa shape index (κ1) is 20.2. The second kappa shape index (κ2) is 9.09. The third-order valence-corrected chi connectivity index (χ3v) is 5.71. The molecule has 2 heterocycles. The van der Waals surface area contributed by atoms with E-state index < -0.39 is 0 Å². The molecule has 0 N–H and O–H groups in total. The fraction of sp³-hybridized carbons (Fsp3) is 0.474. The third-order valence-electron chi connectivity index (χ3n) is 4.70. The minimum absolute atomic E-state index is 0.0361. The number of carbonyl (C=O) groups excluding carboxylic acids is 2. The topological polar surface area (TPSA) is 80.6 Å². The Bertz CT molecular complexity index is 846. The van der Waals surface area contributed by atoms with E-state index >= 15 is 0 Å². The smallest absolute Gasteiger partial charge is 0.409 e. The molecule has 1 aliphatic heterocycles. The van der Waals surface area contributed by atoms with Crippen LogP contribution in [0.5, 0.6) is 0 Å². The Morgan fingerprint density at radius 2 is 1.79 bits per heavy atom. The summed E-state index contributed by atoms with van der Waals surface area (Å²) in [5, 5.41) is 9.24. The molecule has 0 atom stereocenters. The zero-order chi connectivity index (χ0) is 20.1. The molecule has 0 aliphatic carbocycles. The van der Waals surface area contributed by atoms with Gasteiger partial charge in [0, 0.05) is 38.8 Å². The number of hydrogen-bond donors (Lipinski definition) is 0. The largest absolute Gasteiger partial charge is 0.450 e. The molecule has 3 rings (SSSR count). The Labute approximate surface area is 168 Å². The van der Waals surface area contributed by atoms with Crippen molar-refractivity contribution in [3.05, 3.63) is 29.8 Å². The predicted molar refractivity (Wildman–Crippen MR) is 107 cm³/mol. The summed E-state index contributed by atoms with van der Waals surface area (Å²) in [5.74, 6) is 1.11. The van der Waals surface area contributed by atoms with E-state index in [-0.39, 0.29) is 12.0 Å². The molecule has 0 bridgehead atoms. The molecule has 2 amide bonds. The van der Waals surface area contributed by atoms with Gasteiger partial charge in [0.1, 0.15) is 0 Å². The van der Waals surface area contributed by atoms with Gasteiger partial charge in [-0.05, 0) is 19.4 Å². The molecule has 28 heavy (non-hydrogen) atoms. The maximum absolute atomic E-state index is 12.5. The lowest BCUT2D eigenvalue weighted by Crippen LogP contribution is -2.51. The number of nitrogens with zero attached hydrogens (tertiary/aromatic N) is 5. The van der Waals surface area contributed by atoms with Crippen molar-refractivity contribution in [1.29, 1.82) is 0 Å². The van der Waals surface area contributed by atoms with Gasteiger partial charge < -0.3 is 19.1 Å². The van der Waals surface area contributed by atoms with Crippen molar-refractivity contribution in [3.8, 4) is 11.4 Å². The zero-order valence-corrected chi connectivity index (χ0v) is 17.2. The SMILES string of the molecule is CCOC(=O)N1CCN(C(=O)CSc2nnc(-c3ccccc3C)n2C)CC1. The fourth-order valence-electron chi connectivity index (χ4n) is 3.07. The first-order valence-corrected chi connectivity index (χ1v) is 10.3. The quantitative estimate of drug-likeness (QED) is 0.712. The highest BCUT2D eigenvalue weighted by atomic mass is 32.2. The lowest BCUT2D eigenvalue weighted by molar-refractivity contribution is -0.129. The summed E-state index contributed by atoms with van der Waals surface area (Å²) >= 11 is 1.38. The number of carbonyl (C=O) groups is 2. The van der Waals surface area contributed by atoms with E-state index in [4.69, 9.17) is 4.74 Å². The van der Waals surface area contributed by atoms with Gasteiger partial charge >= 0.3 is 6.09 Å². The molecule has 9 heteroatoms. The lowest BCUT2D eigenvalue weighted by Gasteiger charge is -2.34. The summed E-state index contributed by atoms with van der Waals surface area (Å²) in [5.41, 5.74) is 2.16. The van der Waals surface area contributed by atoms with Crippen molar-refractivity contribution in [2.75, 3.05) is 38.5 Å². The van der Waals surface area contributed by atoms with Crippen molar-refractivity contribution in [2.24, 2.45) is 7.05 Å². The van der Waals surface area contributed by atoms with Gasteiger partial charge in [0.05, 0.1) is 12.4 Å². The second-order valence-electron chi connectivity index (χ2n) is 6.54. The van der Waals surface area contributed by atoms with Crippen molar-refractivity contribution >= 4 is 23.8 Å². The Hall–Kier alpha value is -2.55. The Balaban J connectivity index is 1.55. The monoisotopic (exact) mass is 403 g/mol. The van der Waals surface area contributed by atoms with Crippen LogP contribution in [0.25, 0.3) is 11.4 Å². The number of ether oxygens (including phenoxy) is 1. The van der Waals surface area contributed by atoms with Gasteiger partial charge in [-0.15, -0.1) is 10.2 Å². The minimum atomic E-state index is -0.313. The Kier molecular flexibility index (Phi) is 6.56. The highest BCUT2D eigenvalue weighted by Gasteiger charge is 2.25. The molecule has 150 valence electrons. The van der Waals surface area contributed by atoms with Crippen LogP contribution >= 0.6 is 11.8 Å². The van der Waals surface area contributed by atoms with Crippen LogP contribution in [0.2, 0.25) is 0 Å². The van der Waals surface area contributed by atoms with E-state index in [1.54, 1.807) is 16.7 Å². The molecular weight excluding hydrogens is 378 g/mol. The first-order chi connectivity index (χ1) is 13.5. The summed E-state index contributed by atoms with van der Waals surface area (Å²) in [6.07, 6.45) is -0.313. The Morgan fingerprint density at radius 1 is 1.11 bits per heavy atom. The summed E-state index contributed by atoms with van der Waals surface area (Å²) in [6, 6.07) is 8.02. The maximum atomic E-state index is 12.5. The van der Waals surface area contributed by atoms with Crippen LogP contribution in [-0.4, -0.2) is 75.1 Å². The van der Waals surface area contributed by atoms with Gasteiger partial charge in [-0.2, -0.15) is 0 Å². The van der Waals surface area contributed by atoms with Gasteiger partial charge in [0.2, 0.25) is 5.91 Å². The average molecular weight is 404 g/mol. The zero-order valence-electron chi connectivity index (χ0n) is 16.4. The van der Waals surface area contributed by atoms with Crippen LogP contribution in [0.4, 0.5) is 4.79 Å². The van der Waals surface area contributed by atoms with Crippen molar-refractivity contribution in [2.45, 2.75) is 19.0 Å². The predicted octanol–water partition coefficient (Wildman–Crippen LogP) is 2.18. The normalized spacial score (nSPS) is 14.2. The van der Waals surface area contributed by atoms with Crippen LogP contribution in [0, 0.1) is 6.92 Å². The molecule has 0 radical (unpaired) electrons. The summed E-state index contributed by atoms with van der Waals surface area (Å²) < 4.78 is 6.92. The first-order valence-electron chi connectivity index (χ1n) is 9.29. The standard InChI is InChI=1S/C19H25N5O3S/c1-4-27-19(26)24-11-9-23(10-12-24)16(25)13-28-18-21-20-17(22(18)3)15-8-6-5-7-14(15)2/h5-8H,4,9-13H2,1-3H3. The number of benzene rings is 1. The van der Waals surface area contributed by atoms with Gasteiger partial charge in [0.25, 0.3) is 0 Å². The molecule has 1 fully saturated rings. The number of hydrogen-bond acceptors (Lipinski definition) is 6. The fourth-order valence-corrected chi connectivity index (χ4v) is 3.88. The van der Waals surface area contributed by atoms with E-state index in [1.165, 1.54) is 11.8 Å². The van der Waals surface area contributed by atoms with Crippen LogP contribution in [0.1, 0.15) is 12.5 Å². The van der Waals surface area contributed by atoms with Crippen molar-refractivity contribution in [3.63, 3.8) is 0 Å². The molecule has 1 saturated heterocycles.